The molecule has 1 aliphatic rings. The quantitative estimate of drug-likeness (QED) is 0.795. The molecule has 1 aromatic rings. The maximum absolute atomic E-state index is 6.03. The number of nitrogens with zero attached hydrogens (tertiary/aromatic N) is 2. The van der Waals surface area contributed by atoms with Crippen molar-refractivity contribution >= 4 is 29.0 Å². The number of anilines is 1. The highest BCUT2D eigenvalue weighted by Crippen LogP contribution is 2.25. The predicted octanol–water partition coefficient (Wildman–Crippen LogP) is 3.34. The molecule has 1 aromatic heterocycles. The smallest absolute Gasteiger partial charge is 0.128 e. The van der Waals surface area contributed by atoms with Crippen LogP contribution in [0.5, 0.6) is 0 Å². The minimum Gasteiger partial charge on any atom is -0.384 e. The molecule has 1 saturated heterocycles. The van der Waals surface area contributed by atoms with Crippen molar-refractivity contribution in [3.63, 3.8) is 0 Å². The molecular weight excluding hydrogens is 271 g/mol. The molecule has 5 heteroatoms. The zero-order chi connectivity index (χ0) is 13.0. The Morgan fingerprint density at radius 2 is 2.33 bits per heavy atom. The fraction of sp³-hybridized carbons (Fsp3) is 0.615. The summed E-state index contributed by atoms with van der Waals surface area (Å²) in [6.45, 7) is 2.84. The van der Waals surface area contributed by atoms with Gasteiger partial charge in [-0.25, -0.2) is 4.98 Å². The second-order valence-corrected chi connectivity index (χ2v) is 5.32. The fourth-order valence-electron chi connectivity index (χ4n) is 2.39. The first-order valence-corrected chi connectivity index (χ1v) is 7.11. The predicted molar refractivity (Wildman–Crippen MR) is 75.6 cm³/mol. The zero-order valence-corrected chi connectivity index (χ0v) is 12.0. The van der Waals surface area contributed by atoms with Gasteiger partial charge in [-0.05, 0) is 30.9 Å². The summed E-state index contributed by atoms with van der Waals surface area (Å²) < 4.78 is 5.24. The van der Waals surface area contributed by atoms with Gasteiger partial charge in [0.05, 0.1) is 23.2 Å². The van der Waals surface area contributed by atoms with Gasteiger partial charge in [0.25, 0.3) is 0 Å². The molecule has 1 aliphatic heterocycles. The third-order valence-corrected chi connectivity index (χ3v) is 3.87. The highest BCUT2D eigenvalue weighted by Gasteiger charge is 2.21. The lowest BCUT2D eigenvalue weighted by atomic mass is 9.99. The van der Waals surface area contributed by atoms with E-state index in [2.05, 4.69) is 9.88 Å². The Labute approximate surface area is 118 Å². The first-order valence-electron chi connectivity index (χ1n) is 6.20. The van der Waals surface area contributed by atoms with Crippen molar-refractivity contribution in [2.75, 3.05) is 31.7 Å². The van der Waals surface area contributed by atoms with Crippen LogP contribution in [0.2, 0.25) is 5.02 Å². The van der Waals surface area contributed by atoms with Gasteiger partial charge in [-0.2, -0.15) is 0 Å². The van der Waals surface area contributed by atoms with Crippen LogP contribution in [0.3, 0.4) is 0 Å². The average Bonchev–Trinajstić information content (AvgIpc) is 2.40. The van der Waals surface area contributed by atoms with Crippen molar-refractivity contribution in [2.45, 2.75) is 18.7 Å². The van der Waals surface area contributed by atoms with Crippen LogP contribution < -0.4 is 4.90 Å². The second-order valence-electron chi connectivity index (χ2n) is 4.64. The molecule has 1 atom stereocenters. The van der Waals surface area contributed by atoms with Crippen LogP contribution in [-0.4, -0.2) is 31.8 Å². The van der Waals surface area contributed by atoms with E-state index in [1.807, 2.05) is 12.1 Å². The van der Waals surface area contributed by atoms with Gasteiger partial charge in [-0.3, -0.25) is 0 Å². The summed E-state index contributed by atoms with van der Waals surface area (Å²) >= 11 is 11.9. The molecule has 0 aliphatic carbocycles. The van der Waals surface area contributed by atoms with Gasteiger partial charge in [-0.15, -0.1) is 11.6 Å². The molecule has 100 valence electrons. The Bertz CT molecular complexity index is 399. The molecule has 0 bridgehead atoms. The first-order chi connectivity index (χ1) is 8.74. The second kappa shape index (κ2) is 6.60. The van der Waals surface area contributed by atoms with Gasteiger partial charge in [0.2, 0.25) is 0 Å². The lowest BCUT2D eigenvalue weighted by molar-refractivity contribution is 0.143. The Kier molecular flexibility index (Phi) is 5.10. The number of alkyl halides is 1. The lowest BCUT2D eigenvalue weighted by Crippen LogP contribution is -2.37. The van der Waals surface area contributed by atoms with E-state index in [1.54, 1.807) is 7.11 Å². The Morgan fingerprint density at radius 1 is 1.50 bits per heavy atom. The van der Waals surface area contributed by atoms with E-state index >= 15 is 0 Å². The van der Waals surface area contributed by atoms with Crippen LogP contribution >= 0.6 is 23.2 Å². The van der Waals surface area contributed by atoms with Gasteiger partial charge in [-0.1, -0.05) is 11.6 Å². The standard InChI is InChI=1S/C13H18Cl2N2O/c1-18-9-10-3-2-6-17(8-10)13-5-4-11(15)12(7-14)16-13/h4-5,10H,2-3,6-9H2,1H3. The van der Waals surface area contributed by atoms with Crippen molar-refractivity contribution < 1.29 is 4.74 Å². The molecule has 2 heterocycles. The van der Waals surface area contributed by atoms with Gasteiger partial charge in [0.1, 0.15) is 5.82 Å². The number of halogens is 2. The minimum absolute atomic E-state index is 0.349. The maximum Gasteiger partial charge on any atom is 0.128 e. The number of aromatic nitrogens is 1. The number of hydrogen-bond acceptors (Lipinski definition) is 3. The van der Waals surface area contributed by atoms with E-state index in [9.17, 15) is 0 Å². The summed E-state index contributed by atoms with van der Waals surface area (Å²) in [5.41, 5.74) is 0.754. The molecule has 0 N–H and O–H groups in total. The van der Waals surface area contributed by atoms with Crippen molar-refractivity contribution in [1.29, 1.82) is 0 Å². The summed E-state index contributed by atoms with van der Waals surface area (Å²) in [7, 11) is 1.76. The topological polar surface area (TPSA) is 25.4 Å². The van der Waals surface area contributed by atoms with E-state index < -0.39 is 0 Å². The number of methoxy groups -OCH3 is 1. The summed E-state index contributed by atoms with van der Waals surface area (Å²) in [6, 6.07) is 3.84. The van der Waals surface area contributed by atoms with E-state index in [0.717, 1.165) is 31.2 Å². The number of rotatable bonds is 4. The van der Waals surface area contributed by atoms with Crippen LogP contribution in [0.1, 0.15) is 18.5 Å². The molecule has 18 heavy (non-hydrogen) atoms. The summed E-state index contributed by atoms with van der Waals surface area (Å²) in [6.07, 6.45) is 2.40. The number of hydrogen-bond donors (Lipinski definition) is 0. The monoisotopic (exact) mass is 288 g/mol. The highest BCUT2D eigenvalue weighted by atomic mass is 35.5. The van der Waals surface area contributed by atoms with Crippen molar-refractivity contribution in [1.82, 2.24) is 4.98 Å². The zero-order valence-electron chi connectivity index (χ0n) is 10.5. The summed E-state index contributed by atoms with van der Waals surface area (Å²) in [5.74, 6) is 1.90. The SMILES string of the molecule is COCC1CCCN(c2ccc(Cl)c(CCl)n2)C1. The van der Waals surface area contributed by atoms with Gasteiger partial charge < -0.3 is 9.64 Å². The molecule has 1 unspecified atom stereocenters. The third kappa shape index (κ3) is 3.28. The molecule has 0 aromatic carbocycles. The lowest BCUT2D eigenvalue weighted by Gasteiger charge is -2.33. The molecule has 3 nitrogen and oxygen atoms in total. The summed E-state index contributed by atoms with van der Waals surface area (Å²) in [5, 5.41) is 0.638. The normalized spacial score (nSPS) is 20.2. The molecule has 0 spiro atoms. The average molecular weight is 289 g/mol. The van der Waals surface area contributed by atoms with Crippen LogP contribution in [0.25, 0.3) is 0 Å². The van der Waals surface area contributed by atoms with E-state index in [0.29, 0.717) is 16.8 Å². The van der Waals surface area contributed by atoms with Crippen LogP contribution in [-0.2, 0) is 10.6 Å². The van der Waals surface area contributed by atoms with Gasteiger partial charge in [0.15, 0.2) is 0 Å². The van der Waals surface area contributed by atoms with Gasteiger partial charge in [0, 0.05) is 20.2 Å². The Balaban J connectivity index is 2.10. The van der Waals surface area contributed by atoms with Crippen molar-refractivity contribution in [3.05, 3.63) is 22.8 Å². The number of piperidine rings is 1. The largest absolute Gasteiger partial charge is 0.384 e. The third-order valence-electron chi connectivity index (χ3n) is 3.28. The Morgan fingerprint density at radius 3 is 3.06 bits per heavy atom. The van der Waals surface area contributed by atoms with E-state index in [-0.39, 0.29) is 0 Å². The Hall–Kier alpha value is -0.510. The van der Waals surface area contributed by atoms with Crippen molar-refractivity contribution in [3.8, 4) is 0 Å². The molecule has 0 radical (unpaired) electrons. The summed E-state index contributed by atoms with van der Waals surface area (Å²) in [4.78, 5) is 6.82. The van der Waals surface area contributed by atoms with Crippen LogP contribution in [0, 0.1) is 5.92 Å². The van der Waals surface area contributed by atoms with Crippen LogP contribution in [0.15, 0.2) is 12.1 Å². The van der Waals surface area contributed by atoms with Gasteiger partial charge >= 0.3 is 0 Å². The highest BCUT2D eigenvalue weighted by molar-refractivity contribution is 6.32. The number of ether oxygens (including phenoxy) is 1. The molecular formula is C13H18Cl2N2O. The first kappa shape index (κ1) is 13.9. The van der Waals surface area contributed by atoms with Crippen molar-refractivity contribution in [2.24, 2.45) is 5.92 Å². The van der Waals surface area contributed by atoms with Crippen LogP contribution in [0.4, 0.5) is 5.82 Å². The fourth-order valence-corrected chi connectivity index (χ4v) is 2.83. The number of pyridine rings is 1. The van der Waals surface area contributed by atoms with E-state index in [4.69, 9.17) is 27.9 Å². The van der Waals surface area contributed by atoms with E-state index in [1.165, 1.54) is 12.8 Å². The molecule has 2 rings (SSSR count). The molecule has 0 amide bonds. The molecule has 0 saturated carbocycles. The molecule has 1 fully saturated rings. The minimum atomic E-state index is 0.349. The maximum atomic E-state index is 6.03.